The van der Waals surface area contributed by atoms with Crippen molar-refractivity contribution in [3.63, 3.8) is 0 Å². The second-order valence-corrected chi connectivity index (χ2v) is 7.13. The zero-order chi connectivity index (χ0) is 18.3. The number of rotatable bonds is 5. The van der Waals surface area contributed by atoms with E-state index >= 15 is 0 Å². The van der Waals surface area contributed by atoms with Gasteiger partial charge in [0.2, 0.25) is 6.79 Å². The van der Waals surface area contributed by atoms with Gasteiger partial charge < -0.3 is 9.47 Å². The summed E-state index contributed by atoms with van der Waals surface area (Å²) in [5.74, 6) is 1.70. The summed E-state index contributed by atoms with van der Waals surface area (Å²) in [5.41, 5.74) is 3.40. The van der Waals surface area contributed by atoms with Crippen LogP contribution in [0, 0.1) is 0 Å². The number of benzene rings is 2. The number of Topliss-reactive ketones (excluding diaryl/α,β-unsaturated/α-hetero) is 1. The lowest BCUT2D eigenvalue weighted by molar-refractivity contribution is -0.120. The Hall–Kier alpha value is -3.14. The molecule has 0 unspecified atom stereocenters. The van der Waals surface area contributed by atoms with E-state index in [4.69, 9.17) is 14.5 Å². The number of hydrogen-bond acceptors (Lipinski definition) is 4. The first-order chi connectivity index (χ1) is 13.2. The number of hydrogen-bond donors (Lipinski definition) is 0. The van der Waals surface area contributed by atoms with E-state index in [1.807, 2.05) is 66.7 Å². The molecular weight excluding hydrogens is 338 g/mol. The maximum Gasteiger partial charge on any atom is 0.231 e. The maximum absolute atomic E-state index is 13.1. The molecule has 1 fully saturated rings. The van der Waals surface area contributed by atoms with Gasteiger partial charge in [-0.05, 0) is 42.7 Å². The fourth-order valence-corrected chi connectivity index (χ4v) is 3.73. The Morgan fingerprint density at radius 1 is 0.926 bits per heavy atom. The molecule has 0 radical (unpaired) electrons. The lowest BCUT2D eigenvalue weighted by atomic mass is 9.88. The van der Waals surface area contributed by atoms with Gasteiger partial charge in [-0.25, -0.2) is 0 Å². The summed E-state index contributed by atoms with van der Waals surface area (Å²) >= 11 is 0. The van der Waals surface area contributed by atoms with Crippen LogP contribution >= 0.6 is 0 Å². The molecule has 3 aromatic rings. The highest BCUT2D eigenvalue weighted by atomic mass is 16.7. The van der Waals surface area contributed by atoms with E-state index in [-0.39, 0.29) is 12.6 Å². The molecule has 1 aliphatic carbocycles. The molecule has 0 spiro atoms. The third kappa shape index (κ3) is 2.87. The van der Waals surface area contributed by atoms with Crippen molar-refractivity contribution in [1.82, 2.24) is 4.98 Å². The standard InChI is InChI=1S/C23H19NO3/c25-22(14-18-7-4-8-19(24-18)16-5-2-1-3-6-16)23(11-12-23)17-9-10-20-21(13-17)27-15-26-20/h1-10,13H,11-12,14-15H2. The van der Waals surface area contributed by atoms with Gasteiger partial charge in [-0.1, -0.05) is 42.5 Å². The Morgan fingerprint density at radius 2 is 1.74 bits per heavy atom. The first-order valence-corrected chi connectivity index (χ1v) is 9.19. The lowest BCUT2D eigenvalue weighted by Gasteiger charge is -2.15. The predicted molar refractivity (Wildman–Crippen MR) is 102 cm³/mol. The van der Waals surface area contributed by atoms with Gasteiger partial charge in [0.1, 0.15) is 5.78 Å². The molecule has 2 heterocycles. The molecule has 0 saturated heterocycles. The number of aromatic nitrogens is 1. The first-order valence-electron chi connectivity index (χ1n) is 9.19. The Morgan fingerprint density at radius 3 is 2.56 bits per heavy atom. The fraction of sp³-hybridized carbons (Fsp3) is 0.217. The molecule has 2 aliphatic rings. The van der Waals surface area contributed by atoms with Crippen LogP contribution in [0.4, 0.5) is 0 Å². The van der Waals surface area contributed by atoms with Crippen molar-refractivity contribution in [3.05, 3.63) is 78.0 Å². The molecule has 4 nitrogen and oxygen atoms in total. The Bertz CT molecular complexity index is 1010. The van der Waals surface area contributed by atoms with Crippen molar-refractivity contribution >= 4 is 5.78 Å². The highest BCUT2D eigenvalue weighted by molar-refractivity contribution is 5.94. The van der Waals surface area contributed by atoms with Gasteiger partial charge >= 0.3 is 0 Å². The largest absolute Gasteiger partial charge is 0.454 e. The molecule has 27 heavy (non-hydrogen) atoms. The van der Waals surface area contributed by atoms with Crippen molar-refractivity contribution in [2.24, 2.45) is 0 Å². The van der Waals surface area contributed by atoms with E-state index in [9.17, 15) is 4.79 Å². The van der Waals surface area contributed by atoms with E-state index in [1.165, 1.54) is 0 Å². The van der Waals surface area contributed by atoms with Crippen molar-refractivity contribution in [2.75, 3.05) is 6.79 Å². The molecule has 1 aliphatic heterocycles. The molecule has 134 valence electrons. The van der Waals surface area contributed by atoms with Crippen LogP contribution in [-0.4, -0.2) is 17.6 Å². The molecule has 0 amide bonds. The minimum atomic E-state index is -0.397. The minimum Gasteiger partial charge on any atom is -0.454 e. The molecule has 1 saturated carbocycles. The van der Waals surface area contributed by atoms with Gasteiger partial charge in [0, 0.05) is 17.7 Å². The zero-order valence-electron chi connectivity index (χ0n) is 14.9. The summed E-state index contributed by atoms with van der Waals surface area (Å²) in [6.07, 6.45) is 2.10. The maximum atomic E-state index is 13.1. The van der Waals surface area contributed by atoms with Gasteiger partial charge in [0.15, 0.2) is 11.5 Å². The Kier molecular flexibility index (Phi) is 3.71. The molecule has 0 bridgehead atoms. The smallest absolute Gasteiger partial charge is 0.231 e. The summed E-state index contributed by atoms with van der Waals surface area (Å²) in [6.45, 7) is 0.246. The average Bonchev–Trinajstić information content (AvgIpc) is 3.40. The predicted octanol–water partition coefficient (Wildman–Crippen LogP) is 4.32. The molecule has 4 heteroatoms. The third-order valence-corrected chi connectivity index (χ3v) is 5.43. The Balaban J connectivity index is 1.39. The lowest BCUT2D eigenvalue weighted by Crippen LogP contribution is -2.23. The number of fused-ring (bicyclic) bond motifs is 1. The molecular formula is C23H19NO3. The van der Waals surface area contributed by atoms with Crippen molar-refractivity contribution in [3.8, 4) is 22.8 Å². The number of nitrogens with zero attached hydrogens (tertiary/aromatic N) is 1. The van der Waals surface area contributed by atoms with Gasteiger partial charge in [0.25, 0.3) is 0 Å². The van der Waals surface area contributed by atoms with Gasteiger partial charge in [-0.15, -0.1) is 0 Å². The van der Waals surface area contributed by atoms with E-state index in [2.05, 4.69) is 0 Å². The molecule has 1 aromatic heterocycles. The second kappa shape index (κ2) is 6.23. The van der Waals surface area contributed by atoms with E-state index < -0.39 is 5.41 Å². The molecule has 2 aromatic carbocycles. The van der Waals surface area contributed by atoms with Crippen LogP contribution in [0.1, 0.15) is 24.1 Å². The van der Waals surface area contributed by atoms with Crippen LogP contribution in [-0.2, 0) is 16.6 Å². The number of ketones is 1. The van der Waals surface area contributed by atoms with E-state index in [0.29, 0.717) is 6.42 Å². The SMILES string of the molecule is O=C(Cc1cccc(-c2ccccc2)n1)C1(c2ccc3c(c2)OCO3)CC1. The molecule has 0 N–H and O–H groups in total. The summed E-state index contributed by atoms with van der Waals surface area (Å²) in [7, 11) is 0. The monoisotopic (exact) mass is 357 g/mol. The van der Waals surface area contributed by atoms with Crippen LogP contribution in [0.3, 0.4) is 0 Å². The zero-order valence-corrected chi connectivity index (χ0v) is 14.9. The van der Waals surface area contributed by atoms with Crippen LogP contribution in [0.15, 0.2) is 66.7 Å². The highest BCUT2D eigenvalue weighted by Gasteiger charge is 2.50. The minimum absolute atomic E-state index is 0.221. The normalized spacial score (nSPS) is 16.1. The molecule has 5 rings (SSSR count). The van der Waals surface area contributed by atoms with Crippen molar-refractivity contribution in [2.45, 2.75) is 24.7 Å². The quantitative estimate of drug-likeness (QED) is 0.682. The number of ether oxygens (including phenoxy) is 2. The summed E-state index contributed by atoms with van der Waals surface area (Å²) in [5, 5.41) is 0. The van der Waals surface area contributed by atoms with Crippen molar-refractivity contribution in [1.29, 1.82) is 0 Å². The summed E-state index contributed by atoms with van der Waals surface area (Å²) < 4.78 is 10.9. The van der Waals surface area contributed by atoms with Crippen LogP contribution < -0.4 is 9.47 Å². The van der Waals surface area contributed by atoms with E-state index in [1.54, 1.807) is 0 Å². The first kappa shape index (κ1) is 16.1. The topological polar surface area (TPSA) is 48.4 Å². The van der Waals surface area contributed by atoms with Crippen molar-refractivity contribution < 1.29 is 14.3 Å². The summed E-state index contributed by atoms with van der Waals surface area (Å²) in [6, 6.07) is 21.8. The van der Waals surface area contributed by atoms with Gasteiger partial charge in [0.05, 0.1) is 11.1 Å². The van der Waals surface area contributed by atoms with Crippen LogP contribution in [0.5, 0.6) is 11.5 Å². The average molecular weight is 357 g/mol. The second-order valence-electron chi connectivity index (χ2n) is 7.13. The summed E-state index contributed by atoms with van der Waals surface area (Å²) in [4.78, 5) is 17.8. The number of pyridine rings is 1. The number of carbonyl (C=O) groups is 1. The van der Waals surface area contributed by atoms with Gasteiger partial charge in [-0.2, -0.15) is 0 Å². The Labute approximate surface area is 157 Å². The fourth-order valence-electron chi connectivity index (χ4n) is 3.73. The van der Waals surface area contributed by atoms with Crippen LogP contribution in [0.2, 0.25) is 0 Å². The molecule has 0 atom stereocenters. The van der Waals surface area contributed by atoms with Crippen LogP contribution in [0.25, 0.3) is 11.3 Å². The van der Waals surface area contributed by atoms with Gasteiger partial charge in [-0.3, -0.25) is 9.78 Å². The number of carbonyl (C=O) groups excluding carboxylic acids is 1. The van der Waals surface area contributed by atoms with E-state index in [0.717, 1.165) is 46.9 Å². The highest BCUT2D eigenvalue weighted by Crippen LogP contribution is 2.51. The third-order valence-electron chi connectivity index (χ3n) is 5.43.